The molecule has 0 N–H and O–H groups in total. The minimum atomic E-state index is -0.102. The van der Waals surface area contributed by atoms with Crippen LogP contribution in [0.3, 0.4) is 0 Å². The molecule has 7 aliphatic carbocycles. The van der Waals surface area contributed by atoms with E-state index in [4.69, 9.17) is 10.2 Å². The molecule has 0 atom stereocenters. The first kappa shape index (κ1) is 99.2. The Hall–Kier alpha value is -8.85. The standard InChI is InChI=1S/C26H28N3.C22H24N3.C21H22N3.C20H20N3.C20H22N3.5Ir/c1-17-7-6-8-18(2)23(17)29-24(22-9-4-3-5-10-22)27-28-25(29)26-14-19-11-20(15-26)13-21(12-19)16-26;1-16-10-9-11-17(2)20(16)25-21(18-12-5-3-6-13-18)23-24-22(25)19-14-7-4-8-15-19;1-15-9-8-10-16(2)19(15)24-20(17-11-4-3-5-12-17)22-23-21(24)18-13-6-7-14-18;1-14-8-6-9-15(2)18(14)23-19(16-10-4-3-5-11-16)21-22-20(23)17-12-7-13-17;1-14-10-9-11-15(2)17(14)23-18(16-12-7-6-8-13-16)21-22-19(23)20(3,4)5;;;;;/h3-9,19-21H,11-16H2,1-2H3;3,5-6,9-12,19H,4,7-8,14-15H2,1-2H3;3-5,8-11,18H,6-7,13-14H2,1-2H3;3-6,8-10,17H,7,12-13H2,1-2H3;6-12H,1-5H3;;;;;/q5*-1;;;;;. The number of benzene rings is 10. The fourth-order valence-electron chi connectivity index (χ4n) is 21.1. The Labute approximate surface area is 831 Å². The Bertz CT molecular complexity index is 6050. The van der Waals surface area contributed by atoms with Gasteiger partial charge in [-0.15, -0.1) is 205 Å². The van der Waals surface area contributed by atoms with Crippen molar-refractivity contribution < 1.29 is 101 Å². The fraction of sp³-hybridized carbons (Fsp3) is 0.358. The van der Waals surface area contributed by atoms with Gasteiger partial charge in [0.1, 0.15) is 29.1 Å². The maximum atomic E-state index is 4.93. The molecule has 10 aromatic carbocycles. The average molecular weight is 2600 g/mol. The van der Waals surface area contributed by atoms with Crippen LogP contribution < -0.4 is 0 Å². The third-order valence-corrected chi connectivity index (χ3v) is 26.8. The van der Waals surface area contributed by atoms with Gasteiger partial charge in [-0.1, -0.05) is 150 Å². The zero-order chi connectivity index (χ0) is 85.8. The Kier molecular flexibility index (Phi) is 33.9. The summed E-state index contributed by atoms with van der Waals surface area (Å²) in [4.78, 5) is 0. The predicted molar refractivity (Wildman–Crippen MR) is 498 cm³/mol. The summed E-state index contributed by atoms with van der Waals surface area (Å²) in [6.07, 6.45) is 23.2. The van der Waals surface area contributed by atoms with E-state index in [1.807, 2.05) is 91.0 Å². The van der Waals surface area contributed by atoms with Gasteiger partial charge in [-0.25, -0.2) is 0 Å². The molecule has 20 heteroatoms. The summed E-state index contributed by atoms with van der Waals surface area (Å²) in [5.74, 6) is 14.2. The largest absolute Gasteiger partial charge is 0.319 e. The predicted octanol–water partition coefficient (Wildman–Crippen LogP) is 25.5. The van der Waals surface area contributed by atoms with Gasteiger partial charge in [0.15, 0.2) is 0 Å². The maximum Gasteiger partial charge on any atom is 0.134 e. The first-order chi connectivity index (χ1) is 60.3. The van der Waals surface area contributed by atoms with E-state index in [1.165, 1.54) is 200 Å². The van der Waals surface area contributed by atoms with Crippen molar-refractivity contribution in [3.63, 3.8) is 0 Å². The van der Waals surface area contributed by atoms with Gasteiger partial charge in [-0.05, 0) is 220 Å². The Morgan fingerprint density at radius 3 is 0.767 bits per heavy atom. The molecule has 0 unspecified atom stereocenters. The molecule has 677 valence electrons. The summed E-state index contributed by atoms with van der Waals surface area (Å²) in [7, 11) is 0. The molecule has 15 aromatic rings. The molecule has 0 amide bonds. The van der Waals surface area contributed by atoms with Gasteiger partial charge in [0.25, 0.3) is 0 Å². The number of nitrogens with zero attached hydrogens (tertiary/aromatic N) is 15. The van der Waals surface area contributed by atoms with Crippen LogP contribution in [0.4, 0.5) is 0 Å². The summed E-state index contributed by atoms with van der Waals surface area (Å²) in [6.45, 7) is 28.2. The molecule has 0 saturated heterocycles. The topological polar surface area (TPSA) is 154 Å². The SMILES string of the molecule is Cc1cccc(C)c1-n1c(-c2[c-]cccc2)nnc1C(C)(C)C.Cc1cccc(C)c1-n1c(-c2[c-]cccc2)nnc1C12CC3CC(CC(C3)C1)C2.Cc1cccc(C)c1-n1c(-c2[c-]cccc2)nnc1C1CCC1.Cc1cccc(C)c1-n1c(-c2[c-]cccc2)nnc1C1CCCC1.Cc1cccc(C)c1-n1c(-c2[c-]cccc2)nnc1C1CCCCC1.[Ir].[Ir].[Ir].[Ir].[Ir]. The first-order valence-corrected chi connectivity index (χ1v) is 45.2. The van der Waals surface area contributed by atoms with Crippen LogP contribution in [-0.4, -0.2) is 73.8 Å². The number of para-hydroxylation sites is 5. The molecule has 7 saturated carbocycles. The van der Waals surface area contributed by atoms with E-state index in [0.29, 0.717) is 17.8 Å². The van der Waals surface area contributed by atoms with E-state index >= 15 is 0 Å². The van der Waals surface area contributed by atoms with Gasteiger partial charge in [0.05, 0.1) is 29.1 Å². The second-order valence-electron chi connectivity index (χ2n) is 37.0. The van der Waals surface area contributed by atoms with Crippen molar-refractivity contribution >= 4 is 0 Å². The minimum Gasteiger partial charge on any atom is -0.319 e. The van der Waals surface area contributed by atoms with Crippen LogP contribution in [0.15, 0.2) is 212 Å². The average Bonchev–Trinajstić information content (AvgIpc) is 1.64. The summed E-state index contributed by atoms with van der Waals surface area (Å²) in [5.41, 5.74) is 23.7. The number of aryl methyl sites for hydroxylation is 10. The maximum absolute atomic E-state index is 4.93. The van der Waals surface area contributed by atoms with Gasteiger partial charge < -0.3 is 22.8 Å². The van der Waals surface area contributed by atoms with E-state index in [2.05, 4.69) is 305 Å². The van der Waals surface area contributed by atoms with E-state index in [1.54, 1.807) is 0 Å². The fourth-order valence-corrected chi connectivity index (χ4v) is 21.1. The molecule has 7 aliphatic rings. The number of hydrogen-bond acceptors (Lipinski definition) is 10. The van der Waals surface area contributed by atoms with Gasteiger partial charge in [0.2, 0.25) is 0 Å². The number of aromatic nitrogens is 15. The molecule has 0 spiro atoms. The molecule has 5 aromatic heterocycles. The van der Waals surface area contributed by atoms with Crippen LogP contribution in [0.25, 0.3) is 85.4 Å². The second-order valence-corrected chi connectivity index (χ2v) is 37.0. The summed E-state index contributed by atoms with van der Waals surface area (Å²) < 4.78 is 11.4. The summed E-state index contributed by atoms with van der Waals surface area (Å²) in [5, 5.41) is 46.3. The van der Waals surface area contributed by atoms with Crippen LogP contribution in [0.1, 0.15) is 239 Å². The van der Waals surface area contributed by atoms with Crippen molar-refractivity contribution in [2.24, 2.45) is 17.8 Å². The van der Waals surface area contributed by atoms with Gasteiger partial charge in [0, 0.05) is 158 Å². The normalized spacial score (nSPS) is 17.3. The summed E-state index contributed by atoms with van der Waals surface area (Å²) in [6, 6.07) is 89.0. The molecule has 0 aliphatic heterocycles. The van der Waals surface area contributed by atoms with Crippen molar-refractivity contribution in [1.29, 1.82) is 0 Å². The first-order valence-electron chi connectivity index (χ1n) is 45.2. The molecule has 7 fully saturated rings. The molecule has 15 nitrogen and oxygen atoms in total. The van der Waals surface area contributed by atoms with Crippen molar-refractivity contribution in [3.05, 3.63) is 327 Å². The molecule has 5 heterocycles. The quantitative estimate of drug-likeness (QED) is 0.0961. The van der Waals surface area contributed by atoms with Crippen molar-refractivity contribution in [3.8, 4) is 85.4 Å². The van der Waals surface area contributed by atoms with E-state index in [0.717, 1.165) is 104 Å². The molecule has 129 heavy (non-hydrogen) atoms. The van der Waals surface area contributed by atoms with Crippen LogP contribution in [0.2, 0.25) is 0 Å². The van der Waals surface area contributed by atoms with E-state index in [9.17, 15) is 0 Å². The third kappa shape index (κ3) is 21.1. The second kappa shape index (κ2) is 44.1. The Morgan fingerprint density at radius 2 is 0.504 bits per heavy atom. The van der Waals surface area contributed by atoms with Crippen LogP contribution in [0, 0.1) is 117 Å². The molecule has 4 bridgehead atoms. The van der Waals surface area contributed by atoms with Crippen molar-refractivity contribution in [2.45, 2.75) is 234 Å². The van der Waals surface area contributed by atoms with Crippen molar-refractivity contribution in [1.82, 2.24) is 73.8 Å². The smallest absolute Gasteiger partial charge is 0.134 e. The van der Waals surface area contributed by atoms with Crippen LogP contribution >= 0.6 is 0 Å². The zero-order valence-corrected chi connectivity index (χ0v) is 88.2. The third-order valence-electron chi connectivity index (χ3n) is 26.8. The van der Waals surface area contributed by atoms with E-state index < -0.39 is 0 Å². The summed E-state index contributed by atoms with van der Waals surface area (Å²) >= 11 is 0. The Balaban J connectivity index is 0.000000145. The molecule has 22 rings (SSSR count). The molecular formula is C109H116Ir5N15-5. The van der Waals surface area contributed by atoms with Crippen LogP contribution in [-0.2, 0) is 111 Å². The minimum absolute atomic E-state index is 0. The Morgan fingerprint density at radius 1 is 0.264 bits per heavy atom. The number of rotatable bonds is 14. The van der Waals surface area contributed by atoms with E-state index in [-0.39, 0.29) is 111 Å². The molecule has 5 radical (unpaired) electrons. The molecular weight excluding hydrogens is 2480 g/mol. The zero-order valence-electron chi connectivity index (χ0n) is 76.3. The van der Waals surface area contributed by atoms with Gasteiger partial charge in [-0.2, -0.15) is 25.5 Å². The van der Waals surface area contributed by atoms with Crippen LogP contribution in [0.5, 0.6) is 0 Å². The van der Waals surface area contributed by atoms with Gasteiger partial charge in [-0.3, -0.25) is 0 Å². The van der Waals surface area contributed by atoms with Gasteiger partial charge >= 0.3 is 0 Å². The number of hydrogen-bond donors (Lipinski definition) is 0. The van der Waals surface area contributed by atoms with Crippen molar-refractivity contribution in [2.75, 3.05) is 0 Å². The monoisotopic (exact) mass is 2600 g/mol.